The van der Waals surface area contributed by atoms with E-state index in [1.807, 2.05) is 0 Å². The summed E-state index contributed by atoms with van der Waals surface area (Å²) >= 11 is 0. The van der Waals surface area contributed by atoms with Crippen molar-refractivity contribution in [1.82, 2.24) is 20.9 Å². The monoisotopic (exact) mass is 506 g/mol. The molecule has 10 heteroatoms. The number of ketones is 1. The van der Waals surface area contributed by atoms with Gasteiger partial charge in [0.25, 0.3) is 11.8 Å². The topological polar surface area (TPSA) is 130 Å². The number of phenols is 1. The van der Waals surface area contributed by atoms with Gasteiger partial charge in [-0.2, -0.15) is 0 Å². The number of carbonyl (C=O) groups is 3. The van der Waals surface area contributed by atoms with E-state index in [1.54, 1.807) is 12.1 Å². The highest BCUT2D eigenvalue weighted by Crippen LogP contribution is 2.30. The normalized spacial score (nSPS) is 17.4. The highest BCUT2D eigenvalue weighted by molar-refractivity contribution is 6.11. The lowest BCUT2D eigenvalue weighted by molar-refractivity contribution is 0.0882. The molecule has 0 radical (unpaired) electrons. The van der Waals surface area contributed by atoms with Crippen molar-refractivity contribution in [2.75, 3.05) is 20.2 Å². The van der Waals surface area contributed by atoms with E-state index in [0.29, 0.717) is 24.1 Å². The number of benzene rings is 2. The molecule has 4 rings (SSSR count). The second-order valence-electron chi connectivity index (χ2n) is 8.62. The second kappa shape index (κ2) is 11.6. The molecule has 1 aliphatic heterocycles. The number of amides is 2. The molecule has 2 amide bonds. The van der Waals surface area contributed by atoms with Gasteiger partial charge in [0.05, 0.1) is 19.2 Å². The van der Waals surface area contributed by atoms with E-state index in [0.717, 1.165) is 13.0 Å². The van der Waals surface area contributed by atoms with Crippen LogP contribution in [-0.2, 0) is 0 Å². The van der Waals surface area contributed by atoms with Gasteiger partial charge in [-0.1, -0.05) is 12.1 Å². The van der Waals surface area contributed by atoms with Gasteiger partial charge < -0.3 is 25.8 Å². The van der Waals surface area contributed by atoms with Crippen LogP contribution in [0.5, 0.6) is 11.5 Å². The maximum atomic E-state index is 14.6. The summed E-state index contributed by atoms with van der Waals surface area (Å²) in [7, 11) is 1.26. The third-order valence-corrected chi connectivity index (χ3v) is 6.23. The van der Waals surface area contributed by atoms with Crippen molar-refractivity contribution in [3.8, 4) is 11.5 Å². The number of ether oxygens (including phenoxy) is 1. The molecule has 2 atom stereocenters. The number of hydrogen-bond acceptors (Lipinski definition) is 7. The van der Waals surface area contributed by atoms with Gasteiger partial charge in [-0.25, -0.2) is 4.39 Å². The number of rotatable bonds is 7. The van der Waals surface area contributed by atoms with Gasteiger partial charge in [0.2, 0.25) is 0 Å². The summed E-state index contributed by atoms with van der Waals surface area (Å²) in [6.07, 6.45) is 4.55. The largest absolute Gasteiger partial charge is 0.507 e. The minimum atomic E-state index is -0.962. The molecule has 4 N–H and O–H groups in total. The molecule has 2 heterocycles. The molecule has 0 unspecified atom stereocenters. The van der Waals surface area contributed by atoms with Crippen molar-refractivity contribution in [1.29, 1.82) is 0 Å². The Hall–Kier alpha value is -4.31. The number of aromatic hydroxyl groups is 1. The zero-order valence-corrected chi connectivity index (χ0v) is 20.2. The van der Waals surface area contributed by atoms with Gasteiger partial charge in [0.1, 0.15) is 11.3 Å². The SMILES string of the molecule is COc1ccc(O)c(C(=O)c2ccc(C(=O)N[C@@H]3CCCNC[C@H]3NC(=O)c3ccncc3)cc2)c1F. The van der Waals surface area contributed by atoms with E-state index in [1.165, 1.54) is 55.9 Å². The number of carbonyl (C=O) groups excluding carboxylic acids is 3. The Balaban J connectivity index is 1.47. The minimum absolute atomic E-state index is 0.0974. The van der Waals surface area contributed by atoms with Crippen molar-refractivity contribution in [3.63, 3.8) is 0 Å². The van der Waals surface area contributed by atoms with E-state index in [9.17, 15) is 23.9 Å². The zero-order valence-electron chi connectivity index (χ0n) is 20.2. The Kier molecular flexibility index (Phi) is 8.09. The van der Waals surface area contributed by atoms with Crippen molar-refractivity contribution >= 4 is 17.6 Å². The number of halogens is 1. The van der Waals surface area contributed by atoms with Gasteiger partial charge in [-0.3, -0.25) is 19.4 Å². The van der Waals surface area contributed by atoms with E-state index in [-0.39, 0.29) is 35.2 Å². The highest BCUT2D eigenvalue weighted by Gasteiger charge is 2.28. The predicted molar refractivity (Wildman–Crippen MR) is 133 cm³/mol. The molecule has 37 heavy (non-hydrogen) atoms. The van der Waals surface area contributed by atoms with Crippen LogP contribution in [0.15, 0.2) is 60.9 Å². The summed E-state index contributed by atoms with van der Waals surface area (Å²) in [6.45, 7) is 1.25. The Morgan fingerprint density at radius 3 is 2.24 bits per heavy atom. The molecule has 0 saturated carbocycles. The van der Waals surface area contributed by atoms with Crippen LogP contribution in [0.25, 0.3) is 0 Å². The Bertz CT molecular complexity index is 1280. The van der Waals surface area contributed by atoms with Crippen LogP contribution in [0.4, 0.5) is 4.39 Å². The van der Waals surface area contributed by atoms with Gasteiger partial charge in [-0.15, -0.1) is 0 Å². The minimum Gasteiger partial charge on any atom is -0.507 e. The fraction of sp³-hybridized carbons (Fsp3) is 0.259. The molecule has 1 aliphatic rings. The third kappa shape index (κ3) is 5.92. The van der Waals surface area contributed by atoms with Gasteiger partial charge >= 0.3 is 0 Å². The number of phenolic OH excluding ortho intramolecular Hbond substituents is 1. The molecule has 9 nitrogen and oxygen atoms in total. The van der Waals surface area contributed by atoms with Crippen LogP contribution in [0.3, 0.4) is 0 Å². The Morgan fingerprint density at radius 1 is 0.946 bits per heavy atom. The number of nitrogens with one attached hydrogen (secondary N) is 3. The first kappa shape index (κ1) is 25.8. The fourth-order valence-corrected chi connectivity index (χ4v) is 4.22. The average molecular weight is 507 g/mol. The van der Waals surface area contributed by atoms with Gasteiger partial charge in [-0.05, 0) is 55.8 Å². The number of aromatic nitrogens is 1. The summed E-state index contributed by atoms with van der Waals surface area (Å²) in [5.41, 5.74) is 0.363. The molecule has 0 bridgehead atoms. The van der Waals surface area contributed by atoms with Crippen molar-refractivity contribution in [3.05, 3.63) is 89.0 Å². The lowest BCUT2D eigenvalue weighted by Crippen LogP contribution is -2.54. The maximum Gasteiger partial charge on any atom is 0.251 e. The molecular weight excluding hydrogens is 479 g/mol. The van der Waals surface area contributed by atoms with E-state index < -0.39 is 22.9 Å². The van der Waals surface area contributed by atoms with E-state index >= 15 is 0 Å². The molecular formula is C27H27FN4O5. The summed E-state index contributed by atoms with van der Waals surface area (Å²) in [5, 5.41) is 19.3. The number of nitrogens with zero attached hydrogens (tertiary/aromatic N) is 1. The van der Waals surface area contributed by atoms with Crippen LogP contribution < -0.4 is 20.7 Å². The highest BCUT2D eigenvalue weighted by atomic mass is 19.1. The molecule has 1 saturated heterocycles. The Morgan fingerprint density at radius 2 is 1.57 bits per heavy atom. The molecule has 1 fully saturated rings. The summed E-state index contributed by atoms with van der Waals surface area (Å²) < 4.78 is 19.5. The number of pyridine rings is 1. The first-order valence-corrected chi connectivity index (χ1v) is 11.8. The van der Waals surface area contributed by atoms with Crippen LogP contribution in [-0.4, -0.2) is 60.0 Å². The van der Waals surface area contributed by atoms with Crippen LogP contribution in [0.2, 0.25) is 0 Å². The molecule has 3 aromatic rings. The van der Waals surface area contributed by atoms with Gasteiger partial charge in [0.15, 0.2) is 17.3 Å². The Labute approximate surface area is 213 Å². The molecule has 0 aliphatic carbocycles. The van der Waals surface area contributed by atoms with Crippen molar-refractivity contribution < 1.29 is 28.6 Å². The average Bonchev–Trinajstić information content (AvgIpc) is 3.14. The summed E-state index contributed by atoms with van der Waals surface area (Å²) in [5.74, 6) is -3.01. The summed E-state index contributed by atoms with van der Waals surface area (Å²) in [6, 6.07) is 10.7. The quantitative estimate of drug-likeness (QED) is 0.362. The zero-order chi connectivity index (χ0) is 26.4. The maximum absolute atomic E-state index is 14.6. The summed E-state index contributed by atoms with van der Waals surface area (Å²) in [4.78, 5) is 42.5. The van der Waals surface area contributed by atoms with Crippen LogP contribution in [0.1, 0.15) is 49.5 Å². The number of hydrogen-bond donors (Lipinski definition) is 4. The standard InChI is InChI=1S/C27H27FN4O5/c1-37-22-9-8-21(33)23(24(22)28)25(34)16-4-6-17(7-5-16)26(35)31-19-3-2-12-30-15-20(19)32-27(36)18-10-13-29-14-11-18/h4-11,13-14,19-20,30,33H,2-3,12,15H2,1H3,(H,31,35)(H,32,36)/t19-,20-/m1/s1. The van der Waals surface area contributed by atoms with E-state index in [2.05, 4.69) is 20.9 Å². The van der Waals surface area contributed by atoms with Crippen LogP contribution in [0, 0.1) is 5.82 Å². The predicted octanol–water partition coefficient (Wildman–Crippen LogP) is 2.45. The van der Waals surface area contributed by atoms with Gasteiger partial charge in [0, 0.05) is 35.6 Å². The molecule has 1 aromatic heterocycles. The first-order chi connectivity index (χ1) is 17.9. The fourth-order valence-electron chi connectivity index (χ4n) is 4.22. The smallest absolute Gasteiger partial charge is 0.251 e. The molecule has 192 valence electrons. The third-order valence-electron chi connectivity index (χ3n) is 6.23. The molecule has 2 aromatic carbocycles. The molecule has 0 spiro atoms. The first-order valence-electron chi connectivity index (χ1n) is 11.8. The van der Waals surface area contributed by atoms with Crippen LogP contribution >= 0.6 is 0 Å². The van der Waals surface area contributed by atoms with Crippen molar-refractivity contribution in [2.45, 2.75) is 24.9 Å². The van der Waals surface area contributed by atoms with E-state index in [4.69, 9.17) is 4.74 Å². The lowest BCUT2D eigenvalue weighted by Gasteiger charge is -2.27. The number of methoxy groups -OCH3 is 1. The lowest BCUT2D eigenvalue weighted by atomic mass is 9.99. The second-order valence-corrected chi connectivity index (χ2v) is 8.62. The van der Waals surface area contributed by atoms with Crippen molar-refractivity contribution in [2.24, 2.45) is 0 Å².